The average molecular weight is 379 g/mol. The number of carboxylic acids is 1. The monoisotopic (exact) mass is 379 g/mol. The van der Waals surface area contributed by atoms with Crippen LogP contribution in [0, 0.1) is 0 Å². The van der Waals surface area contributed by atoms with Gasteiger partial charge in [0.2, 0.25) is 0 Å². The van der Waals surface area contributed by atoms with E-state index < -0.39 is 5.97 Å². The van der Waals surface area contributed by atoms with Crippen LogP contribution in [0.15, 0.2) is 59.8 Å². The van der Waals surface area contributed by atoms with Crippen LogP contribution in [0.3, 0.4) is 0 Å². The van der Waals surface area contributed by atoms with Crippen LogP contribution < -0.4 is 14.9 Å². The third-order valence-electron chi connectivity index (χ3n) is 3.56. The molecule has 0 saturated heterocycles. The lowest BCUT2D eigenvalue weighted by atomic mass is 10.1. The third-order valence-corrected chi connectivity index (χ3v) is 3.56. The van der Waals surface area contributed by atoms with E-state index in [0.717, 1.165) is 11.1 Å². The van der Waals surface area contributed by atoms with Gasteiger partial charge in [0.1, 0.15) is 11.5 Å². The quantitative estimate of drug-likeness (QED) is 0.452. The number of carboxylic acid groups (broad SMARTS) is 1. The van der Waals surface area contributed by atoms with E-state index in [-0.39, 0.29) is 12.6 Å². The van der Waals surface area contributed by atoms with Crippen LogP contribution >= 0.6 is 0 Å². The highest BCUT2D eigenvalue weighted by molar-refractivity contribution is 5.80. The van der Waals surface area contributed by atoms with E-state index in [9.17, 15) is 4.79 Å². The first-order chi connectivity index (χ1) is 13.7. The number of rotatable bonds is 8. The van der Waals surface area contributed by atoms with E-state index >= 15 is 0 Å². The van der Waals surface area contributed by atoms with Crippen LogP contribution in [0.2, 0.25) is 0 Å². The number of hydrogen-bond acceptors (Lipinski definition) is 8. The number of aliphatic carboxylic acids is 1. The summed E-state index contributed by atoms with van der Waals surface area (Å²) in [6.45, 7) is -0.387. The van der Waals surface area contributed by atoms with Gasteiger partial charge in [-0.3, -0.25) is 0 Å². The molecule has 1 aromatic heterocycles. The van der Waals surface area contributed by atoms with Crippen LogP contribution in [0.5, 0.6) is 11.5 Å². The van der Waals surface area contributed by atoms with Gasteiger partial charge in [0.25, 0.3) is 5.95 Å². The third kappa shape index (κ3) is 5.01. The zero-order valence-electron chi connectivity index (χ0n) is 14.9. The minimum absolute atomic E-state index is 0.237. The molecule has 0 amide bonds. The van der Waals surface area contributed by atoms with Crippen molar-refractivity contribution < 1.29 is 19.4 Å². The summed E-state index contributed by atoms with van der Waals surface area (Å²) in [5.74, 6) is 0.354. The Kier molecular flexibility index (Phi) is 6.09. The maximum Gasteiger partial charge on any atom is 0.341 e. The molecular weight excluding hydrogens is 362 g/mol. The van der Waals surface area contributed by atoms with E-state index in [1.54, 1.807) is 43.8 Å². The highest BCUT2D eigenvalue weighted by Gasteiger charge is 2.08. The first kappa shape index (κ1) is 18.8. The van der Waals surface area contributed by atoms with Gasteiger partial charge in [0.15, 0.2) is 6.61 Å². The number of anilines is 1. The number of ether oxygens (including phenoxy) is 2. The molecule has 3 aromatic rings. The second-order valence-electron chi connectivity index (χ2n) is 5.49. The lowest BCUT2D eigenvalue weighted by molar-refractivity contribution is -0.139. The van der Waals surface area contributed by atoms with Crippen LogP contribution in [0.4, 0.5) is 5.95 Å². The molecule has 9 heteroatoms. The number of hydrazone groups is 1. The summed E-state index contributed by atoms with van der Waals surface area (Å²) in [6, 6.07) is 14.3. The highest BCUT2D eigenvalue weighted by Crippen LogP contribution is 2.27. The van der Waals surface area contributed by atoms with Crippen LogP contribution in [0.25, 0.3) is 11.3 Å². The molecule has 0 radical (unpaired) electrons. The summed E-state index contributed by atoms with van der Waals surface area (Å²) in [4.78, 5) is 14.9. The van der Waals surface area contributed by atoms with Crippen molar-refractivity contribution in [2.75, 3.05) is 19.1 Å². The summed E-state index contributed by atoms with van der Waals surface area (Å²) >= 11 is 0. The van der Waals surface area contributed by atoms with Gasteiger partial charge < -0.3 is 14.6 Å². The first-order valence-corrected chi connectivity index (χ1v) is 8.22. The molecule has 9 nitrogen and oxygen atoms in total. The van der Waals surface area contributed by atoms with E-state index in [4.69, 9.17) is 14.6 Å². The largest absolute Gasteiger partial charge is 0.496 e. The minimum atomic E-state index is -1.03. The van der Waals surface area contributed by atoms with E-state index in [2.05, 4.69) is 25.7 Å². The average Bonchev–Trinajstić information content (AvgIpc) is 2.73. The van der Waals surface area contributed by atoms with Crippen LogP contribution in [-0.4, -0.2) is 46.2 Å². The molecule has 0 spiro atoms. The number of methoxy groups -OCH3 is 1. The van der Waals surface area contributed by atoms with Gasteiger partial charge in [-0.1, -0.05) is 12.1 Å². The van der Waals surface area contributed by atoms with Gasteiger partial charge in [-0.05, 0) is 42.0 Å². The van der Waals surface area contributed by atoms with Crippen molar-refractivity contribution in [3.05, 3.63) is 60.3 Å². The normalized spacial score (nSPS) is 10.6. The molecule has 2 N–H and O–H groups in total. The highest BCUT2D eigenvalue weighted by atomic mass is 16.5. The molecule has 28 heavy (non-hydrogen) atoms. The Morgan fingerprint density at radius 2 is 2.00 bits per heavy atom. The number of hydrogen-bond donors (Lipinski definition) is 2. The second-order valence-corrected chi connectivity index (χ2v) is 5.49. The summed E-state index contributed by atoms with van der Waals surface area (Å²) in [5, 5.41) is 20.5. The Morgan fingerprint density at radius 1 is 1.21 bits per heavy atom. The van der Waals surface area contributed by atoms with Gasteiger partial charge in [-0.15, -0.1) is 5.10 Å². The standard InChI is InChI=1S/C19H17N5O4/c1-27-17-5-3-2-4-15(17)16-11-21-24-19(22-16)23-20-10-13-6-8-14(9-7-13)28-12-18(25)26/h2-11H,12H2,1H3,(H,25,26)(H,22,23,24)/b20-10-. The fraction of sp³-hybridized carbons (Fsp3) is 0.105. The topological polar surface area (TPSA) is 119 Å². The number of para-hydroxylation sites is 1. The first-order valence-electron chi connectivity index (χ1n) is 8.22. The number of benzene rings is 2. The summed E-state index contributed by atoms with van der Waals surface area (Å²) in [6.07, 6.45) is 3.11. The minimum Gasteiger partial charge on any atom is -0.496 e. The molecule has 0 saturated carbocycles. The van der Waals surface area contributed by atoms with Crippen LogP contribution in [-0.2, 0) is 4.79 Å². The zero-order valence-corrected chi connectivity index (χ0v) is 14.9. The molecular formula is C19H17N5O4. The Balaban J connectivity index is 1.65. The second kappa shape index (κ2) is 9.08. The molecule has 0 unspecified atom stereocenters. The lowest BCUT2D eigenvalue weighted by Crippen LogP contribution is -2.09. The Hall–Kier alpha value is -4.01. The van der Waals surface area contributed by atoms with Crippen molar-refractivity contribution in [2.24, 2.45) is 5.10 Å². The van der Waals surface area contributed by atoms with Crippen molar-refractivity contribution in [3.8, 4) is 22.8 Å². The molecule has 3 rings (SSSR count). The van der Waals surface area contributed by atoms with E-state index in [1.165, 1.54) is 0 Å². The van der Waals surface area contributed by atoms with Gasteiger partial charge in [-0.25, -0.2) is 15.2 Å². The zero-order chi connectivity index (χ0) is 19.8. The fourth-order valence-corrected chi connectivity index (χ4v) is 2.30. The molecule has 0 aliphatic heterocycles. The van der Waals surface area contributed by atoms with Crippen molar-refractivity contribution in [1.29, 1.82) is 0 Å². The molecule has 0 aliphatic rings. The van der Waals surface area contributed by atoms with Gasteiger partial charge in [0.05, 0.1) is 25.2 Å². The van der Waals surface area contributed by atoms with E-state index in [1.807, 2.05) is 24.3 Å². The Bertz CT molecular complexity index is 976. The summed E-state index contributed by atoms with van der Waals surface area (Å²) in [5.41, 5.74) is 4.91. The molecule has 2 aromatic carbocycles. The molecule has 0 fully saturated rings. The number of nitrogens with zero attached hydrogens (tertiary/aromatic N) is 4. The van der Waals surface area contributed by atoms with Crippen molar-refractivity contribution >= 4 is 18.1 Å². The van der Waals surface area contributed by atoms with Gasteiger partial charge >= 0.3 is 5.97 Å². The number of aromatic nitrogens is 3. The fourth-order valence-electron chi connectivity index (χ4n) is 2.30. The smallest absolute Gasteiger partial charge is 0.341 e. The van der Waals surface area contributed by atoms with Gasteiger partial charge in [-0.2, -0.15) is 10.2 Å². The Labute approximate surface area is 160 Å². The van der Waals surface area contributed by atoms with Crippen LogP contribution in [0.1, 0.15) is 5.56 Å². The van der Waals surface area contributed by atoms with Gasteiger partial charge in [0, 0.05) is 5.56 Å². The Morgan fingerprint density at radius 3 is 2.75 bits per heavy atom. The SMILES string of the molecule is COc1ccccc1-c1cnnc(N/N=C\c2ccc(OCC(=O)O)cc2)n1. The van der Waals surface area contributed by atoms with Crippen molar-refractivity contribution in [2.45, 2.75) is 0 Å². The predicted molar refractivity (Wildman–Crippen MR) is 103 cm³/mol. The maximum absolute atomic E-state index is 10.5. The van der Waals surface area contributed by atoms with E-state index in [0.29, 0.717) is 17.2 Å². The number of carbonyl (C=O) groups is 1. The van der Waals surface area contributed by atoms with Crippen molar-refractivity contribution in [1.82, 2.24) is 15.2 Å². The maximum atomic E-state index is 10.5. The molecule has 1 heterocycles. The predicted octanol–water partition coefficient (Wildman–Crippen LogP) is 2.46. The molecule has 0 aliphatic carbocycles. The lowest BCUT2D eigenvalue weighted by Gasteiger charge is -2.07. The molecule has 142 valence electrons. The number of nitrogens with one attached hydrogen (secondary N) is 1. The van der Waals surface area contributed by atoms with Crippen molar-refractivity contribution in [3.63, 3.8) is 0 Å². The summed E-state index contributed by atoms with van der Waals surface area (Å²) < 4.78 is 10.4. The summed E-state index contributed by atoms with van der Waals surface area (Å²) in [7, 11) is 1.59. The molecule has 0 bridgehead atoms. The molecule has 0 atom stereocenters.